The summed E-state index contributed by atoms with van der Waals surface area (Å²) in [5, 5.41) is 14.9. The molecule has 1 heterocycles. The lowest BCUT2D eigenvalue weighted by atomic mass is 10.1. The summed E-state index contributed by atoms with van der Waals surface area (Å²) < 4.78 is 45.4. The predicted octanol–water partition coefficient (Wildman–Crippen LogP) is 4.09. The van der Waals surface area contributed by atoms with E-state index in [-0.39, 0.29) is 22.3 Å². The molecule has 0 spiro atoms. The number of anilines is 2. The molecule has 0 radical (unpaired) electrons. The zero-order chi connectivity index (χ0) is 24.5. The van der Waals surface area contributed by atoms with Crippen LogP contribution in [0, 0.1) is 15.9 Å². The molecule has 3 aromatic carbocycles. The highest BCUT2D eigenvalue weighted by Crippen LogP contribution is 2.34. The van der Waals surface area contributed by atoms with Gasteiger partial charge in [-0.1, -0.05) is 12.1 Å². The van der Waals surface area contributed by atoms with E-state index >= 15 is 0 Å². The highest BCUT2D eigenvalue weighted by atomic mass is 32.2. The Labute approximate surface area is 192 Å². The van der Waals surface area contributed by atoms with Crippen LogP contribution in [-0.4, -0.2) is 31.3 Å². The second-order valence-corrected chi connectivity index (χ2v) is 8.79. The standard InChI is InChI=1S/C22H17FN4O6S/c1-33-15-6-3-5-14(11-15)24-18-8-9-20(27(29)30)21-17(18)12-19(25-21)22(28)26-34(31,32)16-7-2-4-13(23)10-16/h2-12,24-25H,1H3,(H,26,28). The number of carbonyl (C=O) groups excluding carboxylic acids is 1. The molecule has 4 aromatic rings. The van der Waals surface area contributed by atoms with Crippen LogP contribution in [0.5, 0.6) is 5.75 Å². The number of non-ortho nitro benzene ring substituents is 1. The van der Waals surface area contributed by atoms with Gasteiger partial charge < -0.3 is 15.0 Å². The second-order valence-electron chi connectivity index (χ2n) is 7.11. The molecule has 0 atom stereocenters. The van der Waals surface area contributed by atoms with E-state index in [9.17, 15) is 27.7 Å². The van der Waals surface area contributed by atoms with Crippen LogP contribution in [0.2, 0.25) is 0 Å². The van der Waals surface area contributed by atoms with Crippen LogP contribution in [0.25, 0.3) is 10.9 Å². The number of aromatic amines is 1. The lowest BCUT2D eigenvalue weighted by Gasteiger charge is -2.09. The highest BCUT2D eigenvalue weighted by Gasteiger charge is 2.24. The van der Waals surface area contributed by atoms with Gasteiger partial charge in [-0.25, -0.2) is 17.5 Å². The van der Waals surface area contributed by atoms with Crippen LogP contribution >= 0.6 is 0 Å². The number of sulfonamides is 1. The topological polar surface area (TPSA) is 143 Å². The smallest absolute Gasteiger partial charge is 0.293 e. The Morgan fingerprint density at radius 2 is 1.85 bits per heavy atom. The fraction of sp³-hybridized carbons (Fsp3) is 0.0455. The van der Waals surface area contributed by atoms with Crippen molar-refractivity contribution in [2.24, 2.45) is 0 Å². The number of methoxy groups -OCH3 is 1. The van der Waals surface area contributed by atoms with E-state index in [2.05, 4.69) is 10.3 Å². The van der Waals surface area contributed by atoms with Crippen molar-refractivity contribution in [2.45, 2.75) is 4.90 Å². The van der Waals surface area contributed by atoms with Crippen LogP contribution in [0.4, 0.5) is 21.5 Å². The number of nitrogens with one attached hydrogen (secondary N) is 3. The number of aromatic nitrogens is 1. The molecule has 0 bridgehead atoms. The fourth-order valence-electron chi connectivity index (χ4n) is 3.31. The normalized spacial score (nSPS) is 11.2. The Kier molecular flexibility index (Phi) is 5.90. The van der Waals surface area contributed by atoms with Crippen molar-refractivity contribution < 1.29 is 27.3 Å². The molecule has 34 heavy (non-hydrogen) atoms. The van der Waals surface area contributed by atoms with E-state index in [1.165, 1.54) is 31.4 Å². The number of benzene rings is 3. The van der Waals surface area contributed by atoms with Gasteiger partial charge >= 0.3 is 0 Å². The van der Waals surface area contributed by atoms with Crippen molar-refractivity contribution >= 4 is 43.9 Å². The van der Waals surface area contributed by atoms with Gasteiger partial charge in [0.25, 0.3) is 21.6 Å². The van der Waals surface area contributed by atoms with Gasteiger partial charge in [-0.2, -0.15) is 0 Å². The van der Waals surface area contributed by atoms with Crippen molar-refractivity contribution in [3.8, 4) is 5.75 Å². The van der Waals surface area contributed by atoms with E-state index in [1.807, 2.05) is 4.72 Å². The van der Waals surface area contributed by atoms with Crippen molar-refractivity contribution in [1.82, 2.24) is 9.71 Å². The fourth-order valence-corrected chi connectivity index (χ4v) is 4.31. The monoisotopic (exact) mass is 484 g/mol. The van der Waals surface area contributed by atoms with E-state index in [4.69, 9.17) is 4.74 Å². The maximum Gasteiger partial charge on any atom is 0.293 e. The van der Waals surface area contributed by atoms with Gasteiger partial charge in [0.1, 0.15) is 22.8 Å². The molecule has 0 aliphatic rings. The molecule has 0 saturated carbocycles. The molecule has 0 aliphatic heterocycles. The van der Waals surface area contributed by atoms with Gasteiger partial charge in [0.15, 0.2) is 0 Å². The molecule has 1 amide bonds. The van der Waals surface area contributed by atoms with E-state index in [1.54, 1.807) is 24.3 Å². The molecule has 12 heteroatoms. The number of nitro groups is 1. The molecule has 0 aliphatic carbocycles. The van der Waals surface area contributed by atoms with Crippen LogP contribution in [0.15, 0.2) is 71.6 Å². The molecular formula is C22H17FN4O6S. The number of rotatable bonds is 7. The number of hydrogen-bond donors (Lipinski definition) is 3. The average Bonchev–Trinajstić information content (AvgIpc) is 3.25. The summed E-state index contributed by atoms with van der Waals surface area (Å²) in [5.74, 6) is -1.27. The predicted molar refractivity (Wildman–Crippen MR) is 122 cm³/mol. The van der Waals surface area contributed by atoms with Crippen LogP contribution in [0.3, 0.4) is 0 Å². The van der Waals surface area contributed by atoms with Gasteiger partial charge in [-0.3, -0.25) is 14.9 Å². The molecule has 0 unspecified atom stereocenters. The molecular weight excluding hydrogens is 467 g/mol. The summed E-state index contributed by atoms with van der Waals surface area (Å²) in [6.07, 6.45) is 0. The van der Waals surface area contributed by atoms with Gasteiger partial charge in [0.05, 0.1) is 16.9 Å². The quantitative estimate of drug-likeness (QED) is 0.265. The maximum absolute atomic E-state index is 13.4. The molecule has 0 fully saturated rings. The third-order valence-corrected chi connectivity index (χ3v) is 6.22. The lowest BCUT2D eigenvalue weighted by molar-refractivity contribution is -0.383. The average molecular weight is 484 g/mol. The maximum atomic E-state index is 13.4. The highest BCUT2D eigenvalue weighted by molar-refractivity contribution is 7.90. The summed E-state index contributed by atoms with van der Waals surface area (Å²) in [7, 11) is -2.87. The Hall–Kier alpha value is -4.45. The van der Waals surface area contributed by atoms with Crippen molar-refractivity contribution in [1.29, 1.82) is 0 Å². The van der Waals surface area contributed by atoms with Crippen LogP contribution < -0.4 is 14.8 Å². The minimum atomic E-state index is -4.38. The van der Waals surface area contributed by atoms with Crippen LogP contribution in [0.1, 0.15) is 10.5 Å². The molecule has 3 N–H and O–H groups in total. The number of hydrogen-bond acceptors (Lipinski definition) is 7. The summed E-state index contributed by atoms with van der Waals surface area (Å²) in [6, 6.07) is 15.1. The van der Waals surface area contributed by atoms with Crippen molar-refractivity contribution in [3.05, 3.63) is 88.4 Å². The van der Waals surface area contributed by atoms with Gasteiger partial charge in [0.2, 0.25) is 0 Å². The van der Waals surface area contributed by atoms with Crippen molar-refractivity contribution in [3.63, 3.8) is 0 Å². The molecule has 10 nitrogen and oxygen atoms in total. The van der Waals surface area contributed by atoms with E-state index in [0.717, 1.165) is 18.2 Å². The Bertz CT molecular complexity index is 1530. The summed E-state index contributed by atoms with van der Waals surface area (Å²) in [4.78, 5) is 25.8. The number of carbonyl (C=O) groups is 1. The first-order chi connectivity index (χ1) is 16.2. The van der Waals surface area contributed by atoms with Crippen LogP contribution in [-0.2, 0) is 10.0 Å². The SMILES string of the molecule is COc1cccc(Nc2ccc([N+](=O)[O-])c3[nH]c(C(=O)NS(=O)(=O)c4cccc(F)c4)cc23)c1. The van der Waals surface area contributed by atoms with E-state index in [0.29, 0.717) is 17.1 Å². The first kappa shape index (κ1) is 22.7. The first-order valence-corrected chi connectivity index (χ1v) is 11.2. The molecule has 174 valence electrons. The first-order valence-electron chi connectivity index (χ1n) is 9.72. The van der Waals surface area contributed by atoms with Gasteiger partial charge in [-0.15, -0.1) is 0 Å². The number of fused-ring (bicyclic) bond motifs is 1. The number of nitro benzene ring substituents is 1. The Morgan fingerprint density at radius 3 is 2.56 bits per heavy atom. The zero-order valence-electron chi connectivity index (χ0n) is 17.5. The summed E-state index contributed by atoms with van der Waals surface area (Å²) >= 11 is 0. The van der Waals surface area contributed by atoms with E-state index < -0.39 is 31.6 Å². The minimum Gasteiger partial charge on any atom is -0.497 e. The number of ether oxygens (including phenoxy) is 1. The third kappa shape index (κ3) is 4.52. The zero-order valence-corrected chi connectivity index (χ0v) is 18.4. The Balaban J connectivity index is 1.72. The second kappa shape index (κ2) is 8.83. The Morgan fingerprint density at radius 1 is 1.09 bits per heavy atom. The number of H-pyrrole nitrogens is 1. The summed E-state index contributed by atoms with van der Waals surface area (Å²) in [5.41, 5.74) is 0.523. The molecule has 4 rings (SSSR count). The van der Waals surface area contributed by atoms with Crippen molar-refractivity contribution in [2.75, 3.05) is 12.4 Å². The number of amides is 1. The summed E-state index contributed by atoms with van der Waals surface area (Å²) in [6.45, 7) is 0. The number of nitrogens with zero attached hydrogens (tertiary/aromatic N) is 1. The number of halogens is 1. The lowest BCUT2D eigenvalue weighted by Crippen LogP contribution is -2.30. The molecule has 0 saturated heterocycles. The largest absolute Gasteiger partial charge is 0.497 e. The third-order valence-electron chi connectivity index (χ3n) is 4.90. The minimum absolute atomic E-state index is 0.0196. The molecule has 1 aromatic heterocycles. The van der Waals surface area contributed by atoms with Gasteiger partial charge in [-0.05, 0) is 42.5 Å². The van der Waals surface area contributed by atoms with Gasteiger partial charge in [0, 0.05) is 28.9 Å².